The van der Waals surface area contributed by atoms with Crippen LogP contribution in [0.15, 0.2) is 84.4 Å². The van der Waals surface area contributed by atoms with E-state index in [-0.39, 0.29) is 17.8 Å². The van der Waals surface area contributed by atoms with E-state index in [4.69, 9.17) is 21.1 Å². The highest BCUT2D eigenvalue weighted by atomic mass is 35.5. The zero-order valence-electron chi connectivity index (χ0n) is 25.2. The molecule has 1 N–H and O–H groups in total. The van der Waals surface area contributed by atoms with E-state index in [1.807, 2.05) is 44.2 Å². The van der Waals surface area contributed by atoms with Gasteiger partial charge in [0.25, 0.3) is 5.91 Å². The molecule has 0 bridgehead atoms. The van der Waals surface area contributed by atoms with Crippen molar-refractivity contribution in [2.45, 2.75) is 71.5 Å². The number of hydrogen-bond donors (Lipinski definition) is 1. The minimum absolute atomic E-state index is 0.0122. The molecular weight excluding hydrogens is 565 g/mol. The van der Waals surface area contributed by atoms with Crippen molar-refractivity contribution in [3.63, 3.8) is 0 Å². The van der Waals surface area contributed by atoms with Gasteiger partial charge in [0.2, 0.25) is 5.88 Å². The van der Waals surface area contributed by atoms with Crippen LogP contribution in [0.25, 0.3) is 0 Å². The molecule has 0 spiro atoms. The van der Waals surface area contributed by atoms with Gasteiger partial charge in [-0.1, -0.05) is 48.0 Å². The van der Waals surface area contributed by atoms with Crippen LogP contribution in [0.5, 0.6) is 0 Å². The lowest BCUT2D eigenvalue weighted by atomic mass is 9.99. The van der Waals surface area contributed by atoms with Crippen LogP contribution in [0, 0.1) is 19.7 Å². The third kappa shape index (κ3) is 7.70. The maximum Gasteiger partial charge on any atom is 0.251 e. The average Bonchev–Trinajstić information content (AvgIpc) is 3.02. The summed E-state index contributed by atoms with van der Waals surface area (Å²) in [5.74, 6) is 0.957. The molecule has 2 aromatic carbocycles. The van der Waals surface area contributed by atoms with E-state index in [0.717, 1.165) is 67.5 Å². The summed E-state index contributed by atoms with van der Waals surface area (Å²) in [6.45, 7) is 8.87. The SMILES string of the molecule is Cc1cccc(C)c1C(=O)NCCC(C)N1CCC(N(Cc2cc(Cl)ccc2F)C2=COC=C(C3=CC=CCC3)O2)CC1. The Kier molecular flexibility index (Phi) is 10.3. The van der Waals surface area contributed by atoms with Crippen LogP contribution >= 0.6 is 11.6 Å². The maximum absolute atomic E-state index is 14.9. The molecule has 8 heteroatoms. The van der Waals surface area contributed by atoms with Gasteiger partial charge in [-0.15, -0.1) is 0 Å². The second-order valence-electron chi connectivity index (χ2n) is 11.6. The van der Waals surface area contributed by atoms with Crippen LogP contribution in [-0.4, -0.2) is 47.4 Å². The summed E-state index contributed by atoms with van der Waals surface area (Å²) < 4.78 is 27.0. The Bertz CT molecular complexity index is 1420. The fourth-order valence-electron chi connectivity index (χ4n) is 6.10. The van der Waals surface area contributed by atoms with Crippen molar-refractivity contribution >= 4 is 17.5 Å². The number of nitrogens with one attached hydrogen (secondary N) is 1. The van der Waals surface area contributed by atoms with Crippen molar-refractivity contribution in [2.75, 3.05) is 19.6 Å². The van der Waals surface area contributed by atoms with E-state index in [0.29, 0.717) is 41.4 Å². The van der Waals surface area contributed by atoms with E-state index in [2.05, 4.69) is 28.1 Å². The molecule has 2 aromatic rings. The van der Waals surface area contributed by atoms with Crippen molar-refractivity contribution in [1.82, 2.24) is 15.1 Å². The minimum atomic E-state index is -0.295. The zero-order chi connectivity index (χ0) is 30.3. The van der Waals surface area contributed by atoms with Crippen LogP contribution in [0.2, 0.25) is 5.02 Å². The lowest BCUT2D eigenvalue weighted by Crippen LogP contribution is -2.48. The van der Waals surface area contributed by atoms with Crippen molar-refractivity contribution in [3.8, 4) is 0 Å². The van der Waals surface area contributed by atoms with E-state index < -0.39 is 0 Å². The number of carbonyl (C=O) groups is 1. The van der Waals surface area contributed by atoms with Crippen molar-refractivity contribution in [1.29, 1.82) is 0 Å². The number of carbonyl (C=O) groups excluding carboxylic acids is 1. The molecule has 2 aliphatic heterocycles. The number of nitrogens with zero attached hydrogens (tertiary/aromatic N) is 2. The molecule has 6 nitrogen and oxygen atoms in total. The van der Waals surface area contributed by atoms with Gasteiger partial charge in [0.05, 0.1) is 0 Å². The second-order valence-corrected chi connectivity index (χ2v) is 12.1. The summed E-state index contributed by atoms with van der Waals surface area (Å²) in [7, 11) is 0. The van der Waals surface area contributed by atoms with Crippen LogP contribution in [0.3, 0.4) is 0 Å². The van der Waals surface area contributed by atoms with Gasteiger partial charge in [0, 0.05) is 54.4 Å². The highest BCUT2D eigenvalue weighted by Gasteiger charge is 2.31. The van der Waals surface area contributed by atoms with Gasteiger partial charge < -0.3 is 24.6 Å². The zero-order valence-corrected chi connectivity index (χ0v) is 26.0. The molecule has 228 valence electrons. The summed E-state index contributed by atoms with van der Waals surface area (Å²) in [4.78, 5) is 17.4. The molecule has 0 radical (unpaired) electrons. The van der Waals surface area contributed by atoms with Crippen molar-refractivity contribution < 1.29 is 18.7 Å². The number of aryl methyl sites for hydroxylation is 2. The van der Waals surface area contributed by atoms with E-state index in [9.17, 15) is 9.18 Å². The number of rotatable bonds is 10. The van der Waals surface area contributed by atoms with Crippen LogP contribution < -0.4 is 5.32 Å². The molecule has 43 heavy (non-hydrogen) atoms. The Balaban J connectivity index is 1.21. The van der Waals surface area contributed by atoms with Gasteiger partial charge in [-0.3, -0.25) is 4.79 Å². The highest BCUT2D eigenvalue weighted by Crippen LogP contribution is 2.32. The largest absolute Gasteiger partial charge is 0.463 e. The second kappa shape index (κ2) is 14.3. The Labute approximate surface area is 259 Å². The first-order chi connectivity index (χ1) is 20.8. The topological polar surface area (TPSA) is 54.0 Å². The lowest BCUT2D eigenvalue weighted by Gasteiger charge is -2.42. The van der Waals surface area contributed by atoms with E-state index in [1.54, 1.807) is 24.7 Å². The van der Waals surface area contributed by atoms with Crippen molar-refractivity contribution in [2.24, 2.45) is 0 Å². The van der Waals surface area contributed by atoms with Gasteiger partial charge >= 0.3 is 0 Å². The Morgan fingerprint density at radius 3 is 2.65 bits per heavy atom. The molecular formula is C35H41ClFN3O3. The third-order valence-corrected chi connectivity index (χ3v) is 8.87. The molecule has 1 aliphatic carbocycles. The number of halogens is 2. The van der Waals surface area contributed by atoms with Crippen molar-refractivity contribution in [3.05, 3.63) is 117 Å². The summed E-state index contributed by atoms with van der Waals surface area (Å²) in [6.07, 6.45) is 13.9. The minimum Gasteiger partial charge on any atom is -0.463 e. The lowest BCUT2D eigenvalue weighted by molar-refractivity contribution is 0.0472. The first-order valence-corrected chi connectivity index (χ1v) is 15.6. The molecule has 5 rings (SSSR count). The first kappa shape index (κ1) is 30.9. The molecule has 1 fully saturated rings. The number of likely N-dealkylation sites (tertiary alicyclic amines) is 1. The standard InChI is InChI=1S/C35H41ClFN3O3/c1-24-8-7-9-25(2)34(24)35(41)38-17-14-26(3)39-18-15-30(16-19-39)40(21-28-20-29(36)12-13-31(28)37)33-23-42-22-32(43-33)27-10-5-4-6-11-27/h4-5,7-10,12-13,20,22-23,26,30H,6,11,14-19,21H2,1-3H3,(H,38,41). The number of ether oxygens (including phenoxy) is 2. The smallest absolute Gasteiger partial charge is 0.251 e. The number of benzene rings is 2. The van der Waals surface area contributed by atoms with E-state index in [1.165, 1.54) is 6.07 Å². The summed E-state index contributed by atoms with van der Waals surface area (Å²) >= 11 is 6.25. The van der Waals surface area contributed by atoms with Crippen LogP contribution in [0.1, 0.15) is 66.1 Å². The van der Waals surface area contributed by atoms with Gasteiger partial charge in [0.1, 0.15) is 12.1 Å². The summed E-state index contributed by atoms with van der Waals surface area (Å²) in [6, 6.07) is 11.0. The molecule has 1 amide bonds. The Morgan fingerprint density at radius 2 is 1.93 bits per heavy atom. The summed E-state index contributed by atoms with van der Waals surface area (Å²) in [5.41, 5.74) is 4.35. The van der Waals surface area contributed by atoms with E-state index >= 15 is 0 Å². The molecule has 1 unspecified atom stereocenters. The third-order valence-electron chi connectivity index (χ3n) is 8.64. The average molecular weight is 606 g/mol. The van der Waals surface area contributed by atoms with Crippen LogP contribution in [-0.2, 0) is 16.0 Å². The Morgan fingerprint density at radius 1 is 1.16 bits per heavy atom. The maximum atomic E-state index is 14.9. The molecule has 1 atom stereocenters. The van der Waals surface area contributed by atoms with Gasteiger partial charge in [-0.2, -0.15) is 0 Å². The van der Waals surface area contributed by atoms with Gasteiger partial charge in [-0.05, 0) is 87.8 Å². The first-order valence-electron chi connectivity index (χ1n) is 15.2. The molecule has 2 heterocycles. The quantitative estimate of drug-likeness (QED) is 0.303. The fourth-order valence-corrected chi connectivity index (χ4v) is 6.30. The monoisotopic (exact) mass is 605 g/mol. The normalized spacial score (nSPS) is 18.1. The molecule has 3 aliphatic rings. The molecule has 0 saturated carbocycles. The number of allylic oxidation sites excluding steroid dienone is 4. The fraction of sp³-hybridized carbons (Fsp3) is 0.400. The predicted molar refractivity (Wildman–Crippen MR) is 169 cm³/mol. The number of piperidine rings is 1. The molecule has 0 aromatic heterocycles. The number of amides is 1. The summed E-state index contributed by atoms with van der Waals surface area (Å²) in [5, 5.41) is 3.62. The molecule has 1 saturated heterocycles. The Hall–Kier alpha value is -3.55. The predicted octanol–water partition coefficient (Wildman–Crippen LogP) is 7.53. The van der Waals surface area contributed by atoms with Gasteiger partial charge in [0.15, 0.2) is 12.0 Å². The number of hydrogen-bond acceptors (Lipinski definition) is 5. The van der Waals surface area contributed by atoms with Crippen LogP contribution in [0.4, 0.5) is 4.39 Å². The van der Waals surface area contributed by atoms with Gasteiger partial charge in [-0.25, -0.2) is 4.39 Å². The highest BCUT2D eigenvalue weighted by molar-refractivity contribution is 6.30.